The summed E-state index contributed by atoms with van der Waals surface area (Å²) < 4.78 is 0. The number of nitrogens with one attached hydrogen (secondary N) is 1. The van der Waals surface area contributed by atoms with E-state index in [0.29, 0.717) is 0 Å². The molecule has 0 aromatic heterocycles. The molecular weight excluding hydrogens is 333 g/mol. The van der Waals surface area contributed by atoms with Crippen molar-refractivity contribution in [2.75, 3.05) is 5.32 Å². The lowest BCUT2D eigenvalue weighted by atomic mass is 10.1. The molecule has 3 N–H and O–H groups in total. The summed E-state index contributed by atoms with van der Waals surface area (Å²) in [5.41, 5.74) is -0.781. The van der Waals surface area contributed by atoms with E-state index >= 15 is 0 Å². The molecule has 0 aliphatic heterocycles. The molecule has 1 aromatic carbocycles. The summed E-state index contributed by atoms with van der Waals surface area (Å²) >= 11 is 11.7. The van der Waals surface area contributed by atoms with Crippen LogP contribution in [-0.2, 0) is 9.59 Å². The Bertz CT molecular complexity index is 686. The second kappa shape index (κ2) is 5.44. The number of aromatic carboxylic acids is 1. The lowest BCUT2D eigenvalue weighted by Gasteiger charge is -2.10. The maximum atomic E-state index is 12.2. The van der Waals surface area contributed by atoms with E-state index in [1.807, 2.05) is 0 Å². The van der Waals surface area contributed by atoms with E-state index in [0.717, 1.165) is 6.07 Å². The third kappa shape index (κ3) is 2.76. The molecule has 0 spiro atoms. The van der Waals surface area contributed by atoms with Crippen LogP contribution < -0.4 is 5.32 Å². The molecule has 1 fully saturated rings. The standard InChI is InChI=1S/C14H13Cl2NO5/c1-14(2)9(10(14)13(21)22)11(18)17-8-3-5(12(19)20)6(15)4-7(8)16/h3-4,9-10H,1-2H3,(H,17,18)(H,19,20)(H,21,22)/t9-,10-/m0/s1. The molecule has 2 atom stereocenters. The molecule has 1 saturated carbocycles. The Balaban J connectivity index is 2.25. The topological polar surface area (TPSA) is 104 Å². The zero-order valence-corrected chi connectivity index (χ0v) is 13.2. The van der Waals surface area contributed by atoms with Gasteiger partial charge in [0.2, 0.25) is 5.91 Å². The fraction of sp³-hybridized carbons (Fsp3) is 0.357. The maximum absolute atomic E-state index is 12.2. The van der Waals surface area contributed by atoms with E-state index in [2.05, 4.69) is 5.32 Å². The Kier molecular flexibility index (Phi) is 4.10. The summed E-state index contributed by atoms with van der Waals surface area (Å²) in [4.78, 5) is 34.4. The van der Waals surface area contributed by atoms with Crippen molar-refractivity contribution >= 4 is 46.7 Å². The van der Waals surface area contributed by atoms with Gasteiger partial charge in [-0.05, 0) is 17.5 Å². The van der Waals surface area contributed by atoms with Crippen molar-refractivity contribution in [1.29, 1.82) is 0 Å². The van der Waals surface area contributed by atoms with E-state index in [4.69, 9.17) is 33.4 Å². The molecule has 1 aromatic rings. The van der Waals surface area contributed by atoms with Gasteiger partial charge in [-0.15, -0.1) is 0 Å². The van der Waals surface area contributed by atoms with E-state index < -0.39 is 35.1 Å². The summed E-state index contributed by atoms with van der Waals surface area (Å²) in [7, 11) is 0. The van der Waals surface area contributed by atoms with Crippen LogP contribution in [0.25, 0.3) is 0 Å². The summed E-state index contributed by atoms with van der Waals surface area (Å²) in [5.74, 6) is -4.30. The van der Waals surface area contributed by atoms with Crippen molar-refractivity contribution in [3.8, 4) is 0 Å². The second-order valence-corrected chi connectivity index (χ2v) is 6.54. The number of carboxylic acids is 2. The largest absolute Gasteiger partial charge is 0.481 e. The Labute approximate surface area is 136 Å². The van der Waals surface area contributed by atoms with Gasteiger partial charge < -0.3 is 15.5 Å². The highest BCUT2D eigenvalue weighted by Gasteiger charge is 2.65. The van der Waals surface area contributed by atoms with Crippen molar-refractivity contribution in [3.63, 3.8) is 0 Å². The number of amides is 1. The van der Waals surface area contributed by atoms with Crippen LogP contribution >= 0.6 is 23.2 Å². The first-order chi connectivity index (χ1) is 10.1. The number of benzene rings is 1. The Morgan fingerprint density at radius 1 is 1.09 bits per heavy atom. The fourth-order valence-electron chi connectivity index (χ4n) is 2.61. The summed E-state index contributed by atoms with van der Waals surface area (Å²) in [5, 5.41) is 20.6. The molecule has 0 heterocycles. The number of anilines is 1. The predicted octanol–water partition coefficient (Wildman–Crippen LogP) is 2.99. The SMILES string of the molecule is CC1(C)[C@H](C(=O)O)[C@H]1C(=O)Nc1cc(C(=O)O)c(Cl)cc1Cl. The van der Waals surface area contributed by atoms with Crippen LogP contribution in [0.1, 0.15) is 24.2 Å². The number of carbonyl (C=O) groups is 3. The molecule has 2 rings (SSSR count). The van der Waals surface area contributed by atoms with Crippen molar-refractivity contribution in [2.24, 2.45) is 17.3 Å². The van der Waals surface area contributed by atoms with Gasteiger partial charge >= 0.3 is 11.9 Å². The van der Waals surface area contributed by atoms with Crippen molar-refractivity contribution in [1.82, 2.24) is 0 Å². The van der Waals surface area contributed by atoms with Crippen molar-refractivity contribution in [2.45, 2.75) is 13.8 Å². The van der Waals surface area contributed by atoms with E-state index in [1.54, 1.807) is 13.8 Å². The van der Waals surface area contributed by atoms with Crippen LogP contribution in [0.3, 0.4) is 0 Å². The number of aliphatic carboxylic acids is 1. The minimum Gasteiger partial charge on any atom is -0.481 e. The van der Waals surface area contributed by atoms with Crippen LogP contribution in [0, 0.1) is 17.3 Å². The van der Waals surface area contributed by atoms with Crippen LogP contribution in [0.4, 0.5) is 5.69 Å². The lowest BCUT2D eigenvalue weighted by molar-refractivity contribution is -0.140. The zero-order valence-electron chi connectivity index (χ0n) is 11.7. The Hall–Kier alpha value is -1.79. The van der Waals surface area contributed by atoms with Gasteiger partial charge in [0.1, 0.15) is 0 Å². The second-order valence-electron chi connectivity index (χ2n) is 5.72. The number of hydrogen-bond donors (Lipinski definition) is 3. The Morgan fingerprint density at radius 2 is 1.68 bits per heavy atom. The normalized spacial score (nSPS) is 22.0. The van der Waals surface area contributed by atoms with Gasteiger partial charge in [0, 0.05) is 0 Å². The molecular formula is C14H13Cl2NO5. The predicted molar refractivity (Wildman–Crippen MR) is 80.4 cm³/mol. The molecule has 22 heavy (non-hydrogen) atoms. The third-order valence-corrected chi connectivity index (χ3v) is 4.55. The highest BCUT2D eigenvalue weighted by Crippen LogP contribution is 2.58. The van der Waals surface area contributed by atoms with E-state index in [1.165, 1.54) is 6.07 Å². The van der Waals surface area contributed by atoms with Gasteiger partial charge in [-0.2, -0.15) is 0 Å². The minimum absolute atomic E-state index is 0.0503. The maximum Gasteiger partial charge on any atom is 0.337 e. The first-order valence-corrected chi connectivity index (χ1v) is 7.09. The van der Waals surface area contributed by atoms with Crippen LogP contribution in [0.15, 0.2) is 12.1 Å². The number of halogens is 2. The summed E-state index contributed by atoms with van der Waals surface area (Å²) in [6.45, 7) is 3.37. The van der Waals surface area contributed by atoms with Gasteiger partial charge in [0.15, 0.2) is 0 Å². The average molecular weight is 346 g/mol. The molecule has 1 aliphatic rings. The molecule has 8 heteroatoms. The number of rotatable bonds is 4. The van der Waals surface area contributed by atoms with Gasteiger partial charge in [0.05, 0.1) is 33.1 Å². The molecule has 0 unspecified atom stereocenters. The smallest absolute Gasteiger partial charge is 0.337 e. The summed E-state index contributed by atoms with van der Waals surface area (Å²) in [6.07, 6.45) is 0. The van der Waals surface area contributed by atoms with E-state index in [9.17, 15) is 14.4 Å². The minimum atomic E-state index is -1.26. The average Bonchev–Trinajstić information content (AvgIpc) is 2.95. The number of hydrogen-bond acceptors (Lipinski definition) is 3. The monoisotopic (exact) mass is 345 g/mol. The molecule has 118 valence electrons. The van der Waals surface area contributed by atoms with E-state index in [-0.39, 0.29) is 21.3 Å². The van der Waals surface area contributed by atoms with Crippen molar-refractivity contribution < 1.29 is 24.6 Å². The quantitative estimate of drug-likeness (QED) is 0.778. The van der Waals surface area contributed by atoms with Gasteiger partial charge in [-0.25, -0.2) is 4.79 Å². The molecule has 0 saturated heterocycles. The fourth-order valence-corrected chi connectivity index (χ4v) is 3.12. The number of carbonyl (C=O) groups excluding carboxylic acids is 1. The first kappa shape index (κ1) is 16.6. The molecule has 6 nitrogen and oxygen atoms in total. The van der Waals surface area contributed by atoms with Crippen LogP contribution in [0.5, 0.6) is 0 Å². The van der Waals surface area contributed by atoms with Crippen LogP contribution in [0.2, 0.25) is 10.0 Å². The van der Waals surface area contributed by atoms with Gasteiger partial charge in [-0.3, -0.25) is 9.59 Å². The van der Waals surface area contributed by atoms with Gasteiger partial charge in [-0.1, -0.05) is 37.0 Å². The summed E-state index contributed by atoms with van der Waals surface area (Å²) in [6, 6.07) is 2.37. The molecule has 0 radical (unpaired) electrons. The van der Waals surface area contributed by atoms with Crippen molar-refractivity contribution in [3.05, 3.63) is 27.7 Å². The number of carboxylic acid groups (broad SMARTS) is 2. The molecule has 1 aliphatic carbocycles. The highest BCUT2D eigenvalue weighted by molar-refractivity contribution is 6.38. The molecule has 1 amide bonds. The van der Waals surface area contributed by atoms with Gasteiger partial charge in [0.25, 0.3) is 0 Å². The highest BCUT2D eigenvalue weighted by atomic mass is 35.5. The Morgan fingerprint density at radius 3 is 2.14 bits per heavy atom. The zero-order chi connectivity index (χ0) is 16.8. The van der Waals surface area contributed by atoms with Crippen LogP contribution in [-0.4, -0.2) is 28.1 Å². The lowest BCUT2D eigenvalue weighted by Crippen LogP contribution is -2.18. The first-order valence-electron chi connectivity index (χ1n) is 6.33. The third-order valence-electron chi connectivity index (χ3n) is 3.92. The molecule has 0 bridgehead atoms.